The first-order valence-electron chi connectivity index (χ1n) is 7.79. The smallest absolute Gasteiger partial charge is 0.352 e. The molecule has 5 nitrogen and oxygen atoms in total. The van der Waals surface area contributed by atoms with Crippen LogP contribution in [0.5, 0.6) is 5.88 Å². The number of ether oxygens (including phenoxy) is 1. The maximum absolute atomic E-state index is 13.5. The van der Waals surface area contributed by atoms with Crippen molar-refractivity contribution < 1.29 is 17.9 Å². The molecule has 25 heavy (non-hydrogen) atoms. The van der Waals surface area contributed by atoms with Crippen molar-refractivity contribution in [3.63, 3.8) is 0 Å². The Kier molecular flexibility index (Phi) is 4.09. The van der Waals surface area contributed by atoms with Gasteiger partial charge in [0.1, 0.15) is 5.82 Å². The molecule has 130 valence electrons. The SMILES string of the molecule is BC(B)(Oc1cc2n(c(=O)n1)C[C@H](C)N2C)c1cc(F)c(F)c(F)c1. The normalized spacial score (nSPS) is 16.8. The quantitative estimate of drug-likeness (QED) is 0.576. The van der Waals surface area contributed by atoms with Crippen LogP contribution in [0, 0.1) is 17.5 Å². The molecule has 1 aliphatic rings. The third-order valence-corrected chi connectivity index (χ3v) is 4.47. The second-order valence-corrected chi connectivity index (χ2v) is 6.67. The Morgan fingerprint density at radius 3 is 2.44 bits per heavy atom. The van der Waals surface area contributed by atoms with Crippen molar-refractivity contribution in [1.29, 1.82) is 0 Å². The number of benzene rings is 1. The molecule has 2 heterocycles. The average molecular weight is 349 g/mol. The summed E-state index contributed by atoms with van der Waals surface area (Å²) in [7, 11) is 4.96. The molecule has 0 unspecified atom stereocenters. The molecule has 3 rings (SSSR count). The summed E-state index contributed by atoms with van der Waals surface area (Å²) < 4.78 is 47.4. The van der Waals surface area contributed by atoms with Crippen molar-refractivity contribution >= 4 is 21.5 Å². The molecular weight excluding hydrogens is 333 g/mol. The molecular formula is C15H16B2F3N3O2. The Morgan fingerprint density at radius 1 is 1.24 bits per heavy atom. The van der Waals surface area contributed by atoms with Gasteiger partial charge in [0.2, 0.25) is 5.88 Å². The van der Waals surface area contributed by atoms with Crippen LogP contribution in [0.4, 0.5) is 19.0 Å². The lowest BCUT2D eigenvalue weighted by Gasteiger charge is -2.27. The predicted molar refractivity (Wildman–Crippen MR) is 92.1 cm³/mol. The van der Waals surface area contributed by atoms with Gasteiger partial charge in [-0.05, 0) is 24.6 Å². The first-order chi connectivity index (χ1) is 11.6. The van der Waals surface area contributed by atoms with Crippen LogP contribution >= 0.6 is 0 Å². The van der Waals surface area contributed by atoms with E-state index in [1.165, 1.54) is 4.57 Å². The van der Waals surface area contributed by atoms with E-state index in [0.717, 1.165) is 12.1 Å². The molecule has 0 bridgehead atoms. The molecule has 0 saturated carbocycles. The zero-order valence-corrected chi connectivity index (χ0v) is 14.3. The van der Waals surface area contributed by atoms with E-state index >= 15 is 0 Å². The first kappa shape index (κ1) is 17.4. The summed E-state index contributed by atoms with van der Waals surface area (Å²) in [6.45, 7) is 2.50. The minimum Gasteiger partial charge on any atom is -0.485 e. The summed E-state index contributed by atoms with van der Waals surface area (Å²) in [6.07, 6.45) is 0. The molecule has 1 aromatic carbocycles. The fraction of sp³-hybridized carbons (Fsp3) is 0.333. The highest BCUT2D eigenvalue weighted by Crippen LogP contribution is 2.28. The number of aromatic nitrogens is 2. The van der Waals surface area contributed by atoms with Gasteiger partial charge in [0.05, 0.1) is 5.40 Å². The minimum atomic E-state index is -1.54. The van der Waals surface area contributed by atoms with Crippen LogP contribution < -0.4 is 15.3 Å². The zero-order chi connectivity index (χ0) is 18.5. The van der Waals surface area contributed by atoms with Gasteiger partial charge in [-0.15, -0.1) is 0 Å². The molecule has 10 heteroatoms. The number of likely N-dealkylation sites (N-methyl/N-ethyl adjacent to an activating group) is 1. The number of nitrogens with zero attached hydrogens (tertiary/aromatic N) is 3. The van der Waals surface area contributed by atoms with E-state index in [2.05, 4.69) is 4.98 Å². The summed E-state index contributed by atoms with van der Waals surface area (Å²) in [4.78, 5) is 18.0. The predicted octanol–water partition coefficient (Wildman–Crippen LogP) is -0.0456. The van der Waals surface area contributed by atoms with Crippen LogP contribution in [0.15, 0.2) is 23.0 Å². The van der Waals surface area contributed by atoms with Crippen molar-refractivity contribution in [3.05, 3.63) is 51.7 Å². The second kappa shape index (κ2) is 5.86. The van der Waals surface area contributed by atoms with E-state index in [-0.39, 0.29) is 17.5 Å². The fourth-order valence-corrected chi connectivity index (χ4v) is 2.83. The molecule has 1 aliphatic heterocycles. The largest absolute Gasteiger partial charge is 0.485 e. The monoisotopic (exact) mass is 349 g/mol. The second-order valence-electron chi connectivity index (χ2n) is 6.67. The van der Waals surface area contributed by atoms with Crippen LogP contribution in [0.2, 0.25) is 0 Å². The van der Waals surface area contributed by atoms with Crippen molar-refractivity contribution in [1.82, 2.24) is 9.55 Å². The minimum absolute atomic E-state index is 0.0346. The molecule has 0 fully saturated rings. The van der Waals surface area contributed by atoms with Gasteiger partial charge < -0.3 is 9.64 Å². The third kappa shape index (κ3) is 3.01. The van der Waals surface area contributed by atoms with Crippen molar-refractivity contribution in [2.45, 2.75) is 24.9 Å². The highest BCUT2D eigenvalue weighted by atomic mass is 19.2. The van der Waals surface area contributed by atoms with Gasteiger partial charge in [-0.1, -0.05) is 0 Å². The summed E-state index contributed by atoms with van der Waals surface area (Å²) in [6, 6.07) is 3.47. The third-order valence-electron chi connectivity index (χ3n) is 4.47. The van der Waals surface area contributed by atoms with Crippen LogP contribution in [-0.2, 0) is 11.9 Å². The lowest BCUT2D eigenvalue weighted by molar-refractivity contribution is 0.231. The lowest BCUT2D eigenvalue weighted by Crippen LogP contribution is -2.36. The van der Waals surface area contributed by atoms with Crippen molar-refractivity contribution in [2.24, 2.45) is 0 Å². The Hall–Kier alpha value is -2.38. The molecule has 0 amide bonds. The average Bonchev–Trinajstić information content (AvgIpc) is 2.80. The van der Waals surface area contributed by atoms with Crippen LogP contribution in [0.3, 0.4) is 0 Å². The first-order valence-corrected chi connectivity index (χ1v) is 7.79. The van der Waals surface area contributed by atoms with Gasteiger partial charge in [0.15, 0.2) is 33.1 Å². The molecule has 0 radical (unpaired) electrons. The standard InChI is InChI=1S/C15H16B2F3N3O2/c1-7-6-23-12(22(7)2)5-11(21-14(23)24)25-15(16,17)8-3-9(18)13(20)10(19)4-8/h3-5,7H,6,16-17H2,1-2H3/t7-/m0/s1. The summed E-state index contributed by atoms with van der Waals surface area (Å²) in [5.41, 5.74) is -0.371. The molecule has 1 aromatic heterocycles. The Balaban J connectivity index is 1.97. The Morgan fingerprint density at radius 2 is 1.84 bits per heavy atom. The molecule has 1 atom stereocenters. The van der Waals surface area contributed by atoms with Gasteiger partial charge in [-0.25, -0.2) is 18.0 Å². The topological polar surface area (TPSA) is 47.4 Å². The molecule has 0 spiro atoms. The molecule has 0 N–H and O–H groups in total. The van der Waals surface area contributed by atoms with E-state index < -0.39 is 28.5 Å². The van der Waals surface area contributed by atoms with E-state index in [4.69, 9.17) is 4.74 Å². The number of fused-ring (bicyclic) bond motifs is 1. The lowest BCUT2D eigenvalue weighted by atomic mass is 9.61. The van der Waals surface area contributed by atoms with E-state index in [1.807, 2.05) is 18.9 Å². The van der Waals surface area contributed by atoms with Crippen molar-refractivity contribution in [2.75, 3.05) is 11.9 Å². The van der Waals surface area contributed by atoms with Crippen LogP contribution in [0.1, 0.15) is 12.5 Å². The van der Waals surface area contributed by atoms with Crippen molar-refractivity contribution in [3.8, 4) is 5.88 Å². The molecule has 0 saturated heterocycles. The number of halogens is 3. The van der Waals surface area contributed by atoms with Gasteiger partial charge >= 0.3 is 5.69 Å². The molecule has 0 aliphatic carbocycles. The Bertz CT molecular complexity index is 881. The Labute approximate surface area is 144 Å². The van der Waals surface area contributed by atoms with Gasteiger partial charge in [-0.3, -0.25) is 4.57 Å². The maximum atomic E-state index is 13.5. The van der Waals surface area contributed by atoms with E-state index in [9.17, 15) is 18.0 Å². The number of hydrogen-bond acceptors (Lipinski definition) is 4. The molecule has 2 aromatic rings. The van der Waals surface area contributed by atoms with Gasteiger partial charge in [0.25, 0.3) is 0 Å². The number of anilines is 1. The number of rotatable bonds is 3. The van der Waals surface area contributed by atoms with E-state index in [1.54, 1.807) is 21.8 Å². The fourth-order valence-electron chi connectivity index (χ4n) is 2.83. The van der Waals surface area contributed by atoms with Crippen LogP contribution in [0.25, 0.3) is 0 Å². The highest BCUT2D eigenvalue weighted by Gasteiger charge is 2.29. The van der Waals surface area contributed by atoms with Gasteiger partial charge in [-0.2, -0.15) is 4.98 Å². The number of hydrogen-bond donors (Lipinski definition) is 0. The summed E-state index contributed by atoms with van der Waals surface area (Å²) in [5.74, 6) is -3.46. The maximum Gasteiger partial charge on any atom is 0.352 e. The zero-order valence-electron chi connectivity index (χ0n) is 14.3. The summed E-state index contributed by atoms with van der Waals surface area (Å²) in [5, 5.41) is -1.23. The summed E-state index contributed by atoms with van der Waals surface area (Å²) >= 11 is 0. The highest BCUT2D eigenvalue weighted by molar-refractivity contribution is 6.39. The van der Waals surface area contributed by atoms with E-state index in [0.29, 0.717) is 12.4 Å². The van der Waals surface area contributed by atoms with Gasteiger partial charge in [0, 0.05) is 25.7 Å². The van der Waals surface area contributed by atoms with Crippen LogP contribution in [-0.4, -0.2) is 38.3 Å².